The van der Waals surface area contributed by atoms with Crippen molar-refractivity contribution in [2.75, 3.05) is 0 Å². The summed E-state index contributed by atoms with van der Waals surface area (Å²) >= 11 is 0. The molecule has 0 spiro atoms. The van der Waals surface area contributed by atoms with Crippen LogP contribution in [0, 0.1) is 5.92 Å². The fourth-order valence-corrected chi connectivity index (χ4v) is 2.95. The Morgan fingerprint density at radius 2 is 1.35 bits per heavy atom. The largest absolute Gasteiger partial charge is 0.337 e. The Morgan fingerprint density at radius 1 is 0.826 bits per heavy atom. The van der Waals surface area contributed by atoms with E-state index in [1.807, 2.05) is 36.4 Å². The molecular formula is C21H28O2. The van der Waals surface area contributed by atoms with Crippen LogP contribution in [0.25, 0.3) is 0 Å². The van der Waals surface area contributed by atoms with Gasteiger partial charge in [0.15, 0.2) is 5.75 Å². The Kier molecular flexibility index (Phi) is 5.48. The molecule has 0 heterocycles. The first-order valence-corrected chi connectivity index (χ1v) is 8.31. The molecule has 23 heavy (non-hydrogen) atoms. The van der Waals surface area contributed by atoms with E-state index in [0.717, 1.165) is 12.2 Å². The lowest BCUT2D eigenvalue weighted by Crippen LogP contribution is -2.49. The average Bonchev–Trinajstić information content (AvgIpc) is 2.54. The molecule has 0 fully saturated rings. The van der Waals surface area contributed by atoms with Gasteiger partial charge in [0.2, 0.25) is 0 Å². The highest BCUT2D eigenvalue weighted by Gasteiger charge is 2.45. The fraction of sp³-hybridized carbons (Fsp3) is 0.429. The van der Waals surface area contributed by atoms with Crippen LogP contribution in [0.1, 0.15) is 46.6 Å². The molecule has 2 heteroatoms. The lowest BCUT2D eigenvalue weighted by molar-refractivity contribution is -0.309. The number of hydrogen-bond acceptors (Lipinski definition) is 2. The van der Waals surface area contributed by atoms with E-state index < -0.39 is 5.60 Å². The van der Waals surface area contributed by atoms with Gasteiger partial charge in [-0.3, -0.25) is 0 Å². The molecule has 2 rings (SSSR count). The van der Waals surface area contributed by atoms with E-state index >= 15 is 0 Å². The van der Waals surface area contributed by atoms with E-state index in [2.05, 4.69) is 58.9 Å². The van der Waals surface area contributed by atoms with Crippen LogP contribution in [0.2, 0.25) is 0 Å². The van der Waals surface area contributed by atoms with Crippen molar-refractivity contribution in [3.05, 3.63) is 66.2 Å². The molecule has 2 nitrogen and oxygen atoms in total. The van der Waals surface area contributed by atoms with Crippen LogP contribution in [-0.4, -0.2) is 5.60 Å². The molecule has 0 N–H and O–H groups in total. The Hall–Kier alpha value is -1.80. The maximum Gasteiger partial charge on any atom is 0.165 e. The van der Waals surface area contributed by atoms with Crippen molar-refractivity contribution >= 4 is 0 Å². The van der Waals surface area contributed by atoms with Gasteiger partial charge in [0, 0.05) is 5.41 Å². The van der Waals surface area contributed by atoms with Crippen LogP contribution >= 0.6 is 0 Å². The molecule has 0 aliphatic rings. The Labute approximate surface area is 140 Å². The van der Waals surface area contributed by atoms with E-state index in [9.17, 15) is 0 Å². The van der Waals surface area contributed by atoms with Crippen LogP contribution in [0.3, 0.4) is 0 Å². The molecule has 0 aliphatic carbocycles. The summed E-state index contributed by atoms with van der Waals surface area (Å²) in [7, 11) is 0. The van der Waals surface area contributed by atoms with Gasteiger partial charge in [-0.15, -0.1) is 0 Å². The highest BCUT2D eigenvalue weighted by atomic mass is 17.2. The SMILES string of the molecule is CC(C)CC(C)(OOc1ccccc1)C(C)(C)c1ccccc1. The summed E-state index contributed by atoms with van der Waals surface area (Å²) in [6.45, 7) is 11.0. The third-order valence-corrected chi connectivity index (χ3v) is 4.68. The normalized spacial score (nSPS) is 14.5. The van der Waals surface area contributed by atoms with Gasteiger partial charge in [-0.1, -0.05) is 76.2 Å². The lowest BCUT2D eigenvalue weighted by Gasteiger charge is -2.43. The molecule has 0 aliphatic heterocycles. The van der Waals surface area contributed by atoms with Gasteiger partial charge in [-0.2, -0.15) is 4.89 Å². The average molecular weight is 312 g/mol. The molecule has 2 aromatic rings. The summed E-state index contributed by atoms with van der Waals surface area (Å²) in [5, 5.41) is 0. The summed E-state index contributed by atoms with van der Waals surface area (Å²) in [5.74, 6) is 1.23. The summed E-state index contributed by atoms with van der Waals surface area (Å²) in [4.78, 5) is 11.7. The number of benzene rings is 2. The molecule has 124 valence electrons. The van der Waals surface area contributed by atoms with Crippen molar-refractivity contribution in [3.63, 3.8) is 0 Å². The van der Waals surface area contributed by atoms with Crippen LogP contribution in [0.5, 0.6) is 5.75 Å². The number of rotatable bonds is 7. The van der Waals surface area contributed by atoms with Crippen molar-refractivity contribution in [2.45, 2.75) is 52.1 Å². The maximum absolute atomic E-state index is 6.05. The smallest absolute Gasteiger partial charge is 0.165 e. The van der Waals surface area contributed by atoms with E-state index in [1.54, 1.807) is 0 Å². The quantitative estimate of drug-likeness (QED) is 0.476. The van der Waals surface area contributed by atoms with Crippen molar-refractivity contribution in [3.8, 4) is 5.75 Å². The minimum atomic E-state index is -0.446. The predicted molar refractivity (Wildman–Crippen MR) is 95.5 cm³/mol. The molecular weight excluding hydrogens is 284 g/mol. The van der Waals surface area contributed by atoms with Gasteiger partial charge in [0.05, 0.1) is 0 Å². The summed E-state index contributed by atoms with van der Waals surface area (Å²) in [6.07, 6.45) is 0.904. The van der Waals surface area contributed by atoms with Crippen LogP contribution < -0.4 is 4.89 Å². The monoisotopic (exact) mass is 312 g/mol. The first-order chi connectivity index (χ1) is 10.8. The van der Waals surface area contributed by atoms with E-state index in [1.165, 1.54) is 5.56 Å². The molecule has 1 atom stereocenters. The molecule has 0 bridgehead atoms. The number of para-hydroxylation sites is 1. The van der Waals surface area contributed by atoms with Gasteiger partial charge in [0.25, 0.3) is 0 Å². The lowest BCUT2D eigenvalue weighted by atomic mass is 9.68. The van der Waals surface area contributed by atoms with Crippen LogP contribution in [0.15, 0.2) is 60.7 Å². The zero-order valence-electron chi connectivity index (χ0n) is 14.9. The topological polar surface area (TPSA) is 18.5 Å². The second-order valence-electron chi connectivity index (χ2n) is 7.30. The van der Waals surface area contributed by atoms with Crippen molar-refractivity contribution < 1.29 is 9.78 Å². The molecule has 0 saturated heterocycles. The van der Waals surface area contributed by atoms with Crippen molar-refractivity contribution in [1.82, 2.24) is 0 Å². The Bertz CT molecular complexity index is 590. The fourth-order valence-electron chi connectivity index (χ4n) is 2.95. The van der Waals surface area contributed by atoms with Gasteiger partial charge in [-0.05, 0) is 37.0 Å². The zero-order chi connectivity index (χ0) is 16.9. The standard InChI is InChI=1S/C21H28O2/c1-17(2)16-21(5,23-22-19-14-10-7-11-15-19)20(3,4)18-12-8-6-9-13-18/h6-15,17H,16H2,1-5H3. The third-order valence-electron chi connectivity index (χ3n) is 4.68. The zero-order valence-corrected chi connectivity index (χ0v) is 14.9. The first kappa shape index (κ1) is 17.6. The molecule has 1 unspecified atom stereocenters. The Balaban J connectivity index is 2.27. The first-order valence-electron chi connectivity index (χ1n) is 8.31. The molecule has 0 radical (unpaired) electrons. The highest BCUT2D eigenvalue weighted by molar-refractivity contribution is 5.28. The summed E-state index contributed by atoms with van der Waals surface area (Å²) < 4.78 is 0. The van der Waals surface area contributed by atoms with E-state index in [4.69, 9.17) is 9.78 Å². The molecule has 2 aromatic carbocycles. The van der Waals surface area contributed by atoms with E-state index in [-0.39, 0.29) is 5.41 Å². The van der Waals surface area contributed by atoms with Gasteiger partial charge < -0.3 is 4.89 Å². The highest BCUT2D eigenvalue weighted by Crippen LogP contribution is 2.41. The maximum atomic E-state index is 6.05. The van der Waals surface area contributed by atoms with Gasteiger partial charge in [-0.25, -0.2) is 0 Å². The number of hydrogen-bond donors (Lipinski definition) is 0. The second-order valence-corrected chi connectivity index (χ2v) is 7.30. The second kappa shape index (κ2) is 7.18. The van der Waals surface area contributed by atoms with Crippen LogP contribution in [0.4, 0.5) is 0 Å². The summed E-state index contributed by atoms with van der Waals surface area (Å²) in [5.41, 5.74) is 0.617. The van der Waals surface area contributed by atoms with Crippen molar-refractivity contribution in [1.29, 1.82) is 0 Å². The Morgan fingerprint density at radius 3 is 1.87 bits per heavy atom. The molecule has 0 amide bonds. The van der Waals surface area contributed by atoms with Crippen LogP contribution in [-0.2, 0) is 10.3 Å². The summed E-state index contributed by atoms with van der Waals surface area (Å²) in [6, 6.07) is 20.2. The minimum Gasteiger partial charge on any atom is -0.337 e. The van der Waals surface area contributed by atoms with E-state index in [0.29, 0.717) is 5.92 Å². The molecule has 0 saturated carbocycles. The molecule has 0 aromatic heterocycles. The predicted octanol–water partition coefficient (Wildman–Crippen LogP) is 5.78. The van der Waals surface area contributed by atoms with Crippen molar-refractivity contribution in [2.24, 2.45) is 5.92 Å². The minimum absolute atomic E-state index is 0.187. The van der Waals surface area contributed by atoms with Gasteiger partial charge in [0.1, 0.15) is 5.60 Å². The third kappa shape index (κ3) is 4.14. The van der Waals surface area contributed by atoms with Gasteiger partial charge >= 0.3 is 0 Å².